The molecule has 0 radical (unpaired) electrons. The number of nitrogens with zero attached hydrogens (tertiary/aromatic N) is 2. The van der Waals surface area contributed by atoms with Crippen LogP contribution in [0.5, 0.6) is 5.75 Å². The molecular formula is C32H37N3O5. The highest BCUT2D eigenvalue weighted by Gasteiger charge is 2.32. The van der Waals surface area contributed by atoms with Crippen molar-refractivity contribution in [2.45, 2.75) is 37.6 Å². The molecule has 0 aromatic heterocycles. The Balaban J connectivity index is 1.77. The predicted molar refractivity (Wildman–Crippen MR) is 156 cm³/mol. The summed E-state index contributed by atoms with van der Waals surface area (Å²) >= 11 is 0. The minimum Gasteiger partial charge on any atom is -0.496 e. The van der Waals surface area contributed by atoms with Crippen LogP contribution in [0.1, 0.15) is 48.3 Å². The second kappa shape index (κ2) is 14.4. The number of carboxylic acid groups (broad SMARTS) is 1. The molecule has 8 nitrogen and oxygen atoms in total. The van der Waals surface area contributed by atoms with Gasteiger partial charge in [0, 0.05) is 29.2 Å². The molecule has 4 rings (SSSR count). The molecule has 1 amide bonds. The van der Waals surface area contributed by atoms with Gasteiger partial charge in [0.15, 0.2) is 6.04 Å². The second-order valence-electron chi connectivity index (χ2n) is 9.92. The Hall–Kier alpha value is -4.01. The minimum atomic E-state index is -1.23. The highest BCUT2D eigenvalue weighted by Crippen LogP contribution is 2.34. The largest absolute Gasteiger partial charge is 0.496 e. The number of hydrogen-bond acceptors (Lipinski definition) is 6. The summed E-state index contributed by atoms with van der Waals surface area (Å²) < 4.78 is 5.53. The van der Waals surface area contributed by atoms with E-state index in [0.717, 1.165) is 25.9 Å². The highest BCUT2D eigenvalue weighted by atomic mass is 16.5. The molecule has 40 heavy (non-hydrogen) atoms. The summed E-state index contributed by atoms with van der Waals surface area (Å²) in [5.74, 6) is -1.36. The second-order valence-corrected chi connectivity index (χ2v) is 9.92. The molecule has 0 aliphatic carbocycles. The van der Waals surface area contributed by atoms with Gasteiger partial charge in [-0.1, -0.05) is 73.2 Å². The summed E-state index contributed by atoms with van der Waals surface area (Å²) in [5.41, 5.74) is 3.00. The third-order valence-corrected chi connectivity index (χ3v) is 7.20. The van der Waals surface area contributed by atoms with Crippen molar-refractivity contribution in [1.29, 1.82) is 0 Å². The number of amides is 1. The molecule has 8 heteroatoms. The van der Waals surface area contributed by atoms with Crippen LogP contribution in [0.25, 0.3) is 0 Å². The fraction of sp³-hybridized carbons (Fsp3) is 0.344. The van der Waals surface area contributed by atoms with Crippen molar-refractivity contribution in [3.63, 3.8) is 0 Å². The van der Waals surface area contributed by atoms with Crippen molar-refractivity contribution in [2.24, 2.45) is 4.99 Å². The first-order valence-electron chi connectivity index (χ1n) is 13.7. The number of likely N-dealkylation sites (tertiary alicyclic amines) is 1. The summed E-state index contributed by atoms with van der Waals surface area (Å²) in [6, 6.07) is 22.7. The Morgan fingerprint density at radius 3 is 2.33 bits per heavy atom. The van der Waals surface area contributed by atoms with Gasteiger partial charge in [0.05, 0.1) is 25.1 Å². The van der Waals surface area contributed by atoms with Crippen molar-refractivity contribution in [3.8, 4) is 5.75 Å². The maximum atomic E-state index is 13.0. The number of aliphatic imine (C=N–C) groups is 1. The molecule has 210 valence electrons. The Bertz CT molecular complexity index is 1300. The first-order chi connectivity index (χ1) is 19.5. The topological polar surface area (TPSA) is 111 Å². The Morgan fingerprint density at radius 2 is 1.62 bits per heavy atom. The average Bonchev–Trinajstić information content (AvgIpc) is 2.98. The van der Waals surface area contributed by atoms with Crippen LogP contribution in [0.2, 0.25) is 0 Å². The van der Waals surface area contributed by atoms with Crippen molar-refractivity contribution in [2.75, 3.05) is 38.7 Å². The van der Waals surface area contributed by atoms with Crippen LogP contribution in [0, 0.1) is 0 Å². The lowest BCUT2D eigenvalue weighted by atomic mass is 9.87. The van der Waals surface area contributed by atoms with E-state index in [9.17, 15) is 19.8 Å². The number of aliphatic carboxylic acids is 1. The standard InChI is InChI=1S/C32H37N3O5/c1-40-28-17-9-7-14-24(28)25(18-21-36)31(32(38)39)34-30(23-12-4-2-5-13-23)26-15-6-8-16-27(26)33-29(37)22-35-19-10-3-11-20-35/h2,4-9,12-17,25,31,36H,3,10-11,18-22H2,1H3,(H,33,37)(H,38,39)/t25-,31+/m0/s1. The smallest absolute Gasteiger partial charge is 0.329 e. The van der Waals surface area contributed by atoms with Gasteiger partial charge in [0.25, 0.3) is 0 Å². The van der Waals surface area contributed by atoms with E-state index < -0.39 is 17.9 Å². The normalized spacial score (nSPS) is 15.7. The van der Waals surface area contributed by atoms with Gasteiger partial charge in [0.1, 0.15) is 5.75 Å². The molecule has 1 aliphatic rings. The lowest BCUT2D eigenvalue weighted by molar-refractivity contribution is -0.139. The third-order valence-electron chi connectivity index (χ3n) is 7.20. The minimum absolute atomic E-state index is 0.122. The van der Waals surface area contributed by atoms with Gasteiger partial charge in [-0.2, -0.15) is 0 Å². The van der Waals surface area contributed by atoms with Crippen LogP contribution in [0.15, 0.2) is 83.9 Å². The molecule has 3 aromatic rings. The lowest BCUT2D eigenvalue weighted by Crippen LogP contribution is -2.37. The Labute approximate surface area is 235 Å². The van der Waals surface area contributed by atoms with Crippen molar-refractivity contribution in [1.82, 2.24) is 4.90 Å². The lowest BCUT2D eigenvalue weighted by Gasteiger charge is -2.26. The van der Waals surface area contributed by atoms with E-state index in [1.807, 2.05) is 72.8 Å². The van der Waals surface area contributed by atoms with E-state index in [0.29, 0.717) is 40.4 Å². The van der Waals surface area contributed by atoms with Gasteiger partial charge >= 0.3 is 5.97 Å². The van der Waals surface area contributed by atoms with Crippen LogP contribution in [-0.4, -0.2) is 72.1 Å². The molecule has 1 aliphatic heterocycles. The zero-order valence-electron chi connectivity index (χ0n) is 22.8. The number of carbonyl (C=O) groups is 2. The van der Waals surface area contributed by atoms with Crippen LogP contribution >= 0.6 is 0 Å². The number of anilines is 1. The molecule has 3 aromatic carbocycles. The van der Waals surface area contributed by atoms with Gasteiger partial charge in [0.2, 0.25) is 5.91 Å². The van der Waals surface area contributed by atoms with Crippen molar-refractivity contribution >= 4 is 23.3 Å². The maximum Gasteiger partial charge on any atom is 0.329 e. The molecular weight excluding hydrogens is 506 g/mol. The fourth-order valence-electron chi connectivity index (χ4n) is 5.26. The summed E-state index contributed by atoms with van der Waals surface area (Å²) in [6.07, 6.45) is 3.55. The third kappa shape index (κ3) is 7.34. The fourth-order valence-corrected chi connectivity index (χ4v) is 5.26. The first kappa shape index (κ1) is 29.0. The van der Waals surface area contributed by atoms with E-state index in [1.54, 1.807) is 6.07 Å². The first-order valence-corrected chi connectivity index (χ1v) is 13.7. The molecule has 0 unspecified atom stereocenters. The number of para-hydroxylation sites is 2. The Kier molecular flexibility index (Phi) is 10.4. The number of carboxylic acids is 1. The zero-order valence-corrected chi connectivity index (χ0v) is 22.8. The summed E-state index contributed by atoms with van der Waals surface area (Å²) in [4.78, 5) is 32.8. The van der Waals surface area contributed by atoms with Crippen LogP contribution < -0.4 is 10.1 Å². The number of nitrogens with one attached hydrogen (secondary N) is 1. The summed E-state index contributed by atoms with van der Waals surface area (Å²) in [7, 11) is 1.53. The molecule has 1 heterocycles. The molecule has 0 saturated carbocycles. The number of methoxy groups -OCH3 is 1. The van der Waals surface area contributed by atoms with E-state index in [4.69, 9.17) is 9.73 Å². The van der Waals surface area contributed by atoms with Gasteiger partial charge in [-0.05, 0) is 44.5 Å². The van der Waals surface area contributed by atoms with E-state index in [1.165, 1.54) is 13.5 Å². The van der Waals surface area contributed by atoms with Gasteiger partial charge < -0.3 is 20.3 Å². The molecule has 1 saturated heterocycles. The van der Waals surface area contributed by atoms with Gasteiger partial charge in [-0.15, -0.1) is 0 Å². The summed E-state index contributed by atoms with van der Waals surface area (Å²) in [5, 5.41) is 23.4. The van der Waals surface area contributed by atoms with Crippen molar-refractivity contribution in [3.05, 3.63) is 95.6 Å². The molecule has 1 fully saturated rings. The Morgan fingerprint density at radius 1 is 0.950 bits per heavy atom. The van der Waals surface area contributed by atoms with Crippen LogP contribution in [0.3, 0.4) is 0 Å². The monoisotopic (exact) mass is 543 g/mol. The quantitative estimate of drug-likeness (QED) is 0.289. The van der Waals surface area contributed by atoms with Crippen LogP contribution in [0.4, 0.5) is 5.69 Å². The predicted octanol–water partition coefficient (Wildman–Crippen LogP) is 4.58. The average molecular weight is 544 g/mol. The molecule has 2 atom stereocenters. The number of hydrogen-bond donors (Lipinski definition) is 3. The van der Waals surface area contributed by atoms with E-state index >= 15 is 0 Å². The van der Waals surface area contributed by atoms with Gasteiger partial charge in [-0.3, -0.25) is 14.7 Å². The van der Waals surface area contributed by atoms with Crippen molar-refractivity contribution < 1.29 is 24.5 Å². The number of ether oxygens (including phenoxy) is 1. The van der Waals surface area contributed by atoms with Gasteiger partial charge in [-0.25, -0.2) is 4.79 Å². The highest BCUT2D eigenvalue weighted by molar-refractivity contribution is 6.17. The molecule has 3 N–H and O–H groups in total. The number of aliphatic hydroxyl groups is 1. The number of benzene rings is 3. The number of piperidine rings is 1. The SMILES string of the molecule is COc1ccccc1[C@H](CCO)[C@@H](N=C(c1ccccc1)c1ccccc1NC(=O)CN1CCCCC1)C(=O)O. The number of aliphatic hydroxyl groups excluding tert-OH is 1. The zero-order chi connectivity index (χ0) is 28.3. The van der Waals surface area contributed by atoms with Crippen LogP contribution in [-0.2, 0) is 9.59 Å². The van der Waals surface area contributed by atoms with E-state index in [2.05, 4.69) is 10.2 Å². The molecule has 0 spiro atoms. The number of carbonyl (C=O) groups excluding carboxylic acids is 1. The molecule has 0 bridgehead atoms. The number of rotatable bonds is 12. The maximum absolute atomic E-state index is 13.0. The van der Waals surface area contributed by atoms with E-state index in [-0.39, 0.29) is 18.9 Å². The summed E-state index contributed by atoms with van der Waals surface area (Å²) in [6.45, 7) is 1.89.